The molecule has 174 valence electrons. The molecule has 1 amide bonds. The smallest absolute Gasteiger partial charge is 0.345 e. The van der Waals surface area contributed by atoms with Crippen LogP contribution in [-0.4, -0.2) is 48.7 Å². The molecule has 2 atom stereocenters. The van der Waals surface area contributed by atoms with Crippen LogP contribution in [0.4, 0.5) is 5.13 Å². The molecule has 1 fully saturated rings. The molecule has 1 saturated heterocycles. The number of hydrogen-bond donors (Lipinski definition) is 5. The summed E-state index contributed by atoms with van der Waals surface area (Å²) in [6.45, 7) is 0.421. The van der Waals surface area contributed by atoms with Crippen LogP contribution in [0.15, 0.2) is 40.6 Å². The van der Waals surface area contributed by atoms with Gasteiger partial charge in [0.15, 0.2) is 11.2 Å². The Morgan fingerprint density at radius 1 is 1.31 bits per heavy atom. The van der Waals surface area contributed by atoms with E-state index in [1.54, 1.807) is 6.07 Å². The van der Waals surface area contributed by atoms with E-state index in [4.69, 9.17) is 10.6 Å². The molecule has 1 aromatic heterocycles. The number of carbonyl (C=O) groups is 2. The number of rotatable bonds is 11. The summed E-state index contributed by atoms with van der Waals surface area (Å²) in [6, 6.07) is 7.36. The number of sulfonamides is 1. The van der Waals surface area contributed by atoms with Crippen molar-refractivity contribution < 1.29 is 28.0 Å². The lowest BCUT2D eigenvalue weighted by Crippen LogP contribution is -2.66. The first-order valence-electron chi connectivity index (χ1n) is 9.95. The molecule has 2 aromatic rings. The van der Waals surface area contributed by atoms with E-state index in [-0.39, 0.29) is 11.3 Å². The van der Waals surface area contributed by atoms with Gasteiger partial charge in [-0.3, -0.25) is 9.63 Å². The van der Waals surface area contributed by atoms with Gasteiger partial charge in [0, 0.05) is 11.9 Å². The maximum Gasteiger partial charge on any atom is 0.345 e. The average molecular weight is 484 g/mol. The third kappa shape index (κ3) is 6.01. The van der Waals surface area contributed by atoms with Gasteiger partial charge in [0.25, 0.3) is 5.91 Å². The molecule has 0 radical (unpaired) electrons. The second-order valence-electron chi connectivity index (χ2n) is 7.29. The molecular weight excluding hydrogens is 458 g/mol. The van der Waals surface area contributed by atoms with Gasteiger partial charge in [-0.05, 0) is 44.2 Å². The molecule has 32 heavy (non-hydrogen) atoms. The standard InChI is InChI=1S/C19H25N5O6S2/c20-18-22-13(12-31-18)6-4-5-10-19(17(26)27,23-16(25)15-9-11-21-30-15)24-32(28,29)14-7-2-1-3-8-14/h1-3,7-8,12,15,21,24H,4-6,9-11H2,(H2,20,22)(H,23,25)(H,26,27). The Hall–Kier alpha value is -2.58. The van der Waals surface area contributed by atoms with Crippen molar-refractivity contribution in [3.63, 3.8) is 0 Å². The van der Waals surface area contributed by atoms with Crippen LogP contribution in [0.25, 0.3) is 0 Å². The lowest BCUT2D eigenvalue weighted by atomic mass is 10.0. The van der Waals surface area contributed by atoms with Gasteiger partial charge in [0.2, 0.25) is 15.7 Å². The summed E-state index contributed by atoms with van der Waals surface area (Å²) in [4.78, 5) is 34.1. The predicted octanol–water partition coefficient (Wildman–Crippen LogP) is 0.607. The van der Waals surface area contributed by atoms with Crippen molar-refractivity contribution in [3.05, 3.63) is 41.4 Å². The molecule has 11 nitrogen and oxygen atoms in total. The van der Waals surface area contributed by atoms with Crippen LogP contribution in [0.5, 0.6) is 0 Å². The number of thiazole rings is 1. The van der Waals surface area contributed by atoms with Crippen LogP contribution in [0.2, 0.25) is 0 Å². The number of amides is 1. The topological polar surface area (TPSA) is 173 Å². The molecule has 2 unspecified atom stereocenters. The number of aliphatic carboxylic acids is 1. The Morgan fingerprint density at radius 2 is 2.06 bits per heavy atom. The summed E-state index contributed by atoms with van der Waals surface area (Å²) in [6.07, 6.45) is 0.581. The van der Waals surface area contributed by atoms with E-state index >= 15 is 0 Å². The SMILES string of the molecule is Nc1nc(CCCCC(NC(=O)C2CCNO2)(NS(=O)(=O)c2ccccc2)C(=O)O)cs1. The van der Waals surface area contributed by atoms with E-state index in [9.17, 15) is 23.1 Å². The van der Waals surface area contributed by atoms with Crippen molar-refractivity contribution in [3.8, 4) is 0 Å². The number of hydrogen-bond acceptors (Lipinski definition) is 9. The number of aryl methyl sites for hydroxylation is 1. The lowest BCUT2D eigenvalue weighted by molar-refractivity contribution is -0.151. The fraction of sp³-hybridized carbons (Fsp3) is 0.421. The molecular formula is C19H25N5O6S2. The number of benzene rings is 1. The van der Waals surface area contributed by atoms with Crippen LogP contribution in [0.3, 0.4) is 0 Å². The lowest BCUT2D eigenvalue weighted by Gasteiger charge is -2.32. The van der Waals surface area contributed by atoms with Crippen molar-refractivity contribution in [2.24, 2.45) is 0 Å². The monoisotopic (exact) mass is 483 g/mol. The Kier molecular flexibility index (Phi) is 7.79. The maximum absolute atomic E-state index is 12.9. The molecule has 2 heterocycles. The zero-order chi connectivity index (χ0) is 23.2. The number of nitrogens with one attached hydrogen (secondary N) is 3. The zero-order valence-electron chi connectivity index (χ0n) is 17.1. The van der Waals surface area contributed by atoms with Gasteiger partial charge in [-0.25, -0.2) is 23.7 Å². The van der Waals surface area contributed by atoms with E-state index < -0.39 is 33.7 Å². The summed E-state index contributed by atoms with van der Waals surface area (Å²) in [5, 5.41) is 14.6. The highest BCUT2D eigenvalue weighted by atomic mass is 32.2. The number of nitrogens with zero attached hydrogens (tertiary/aromatic N) is 1. The van der Waals surface area contributed by atoms with Gasteiger partial charge >= 0.3 is 5.97 Å². The van der Waals surface area contributed by atoms with E-state index in [2.05, 4.69) is 20.5 Å². The maximum atomic E-state index is 12.9. The second kappa shape index (κ2) is 10.4. The first kappa shape index (κ1) is 24.1. The Labute approximate surface area is 189 Å². The normalized spacial score (nSPS) is 18.2. The fourth-order valence-corrected chi connectivity index (χ4v) is 5.18. The largest absolute Gasteiger partial charge is 0.478 e. The Bertz CT molecular complexity index is 1040. The minimum atomic E-state index is -4.25. The van der Waals surface area contributed by atoms with Crippen LogP contribution in [0, 0.1) is 0 Å². The van der Waals surface area contributed by atoms with Gasteiger partial charge in [0.05, 0.1) is 10.6 Å². The van der Waals surface area contributed by atoms with Gasteiger partial charge in [0.1, 0.15) is 0 Å². The number of hydroxylamine groups is 1. The van der Waals surface area contributed by atoms with Crippen LogP contribution >= 0.6 is 11.3 Å². The van der Waals surface area contributed by atoms with Crippen LogP contribution in [0.1, 0.15) is 31.4 Å². The number of carboxylic acids is 1. The number of unbranched alkanes of at least 4 members (excludes halogenated alkanes) is 1. The van der Waals surface area contributed by atoms with Gasteiger partial charge in [-0.2, -0.15) is 4.72 Å². The minimum absolute atomic E-state index is 0.114. The third-order valence-corrected chi connectivity index (χ3v) is 7.13. The van der Waals surface area contributed by atoms with Crippen molar-refractivity contribution in [1.29, 1.82) is 0 Å². The van der Waals surface area contributed by atoms with Crippen molar-refractivity contribution in [1.82, 2.24) is 20.5 Å². The second-order valence-corrected chi connectivity index (χ2v) is 9.86. The van der Waals surface area contributed by atoms with E-state index in [1.165, 1.54) is 35.6 Å². The third-order valence-electron chi connectivity index (χ3n) is 4.89. The summed E-state index contributed by atoms with van der Waals surface area (Å²) < 4.78 is 28.1. The summed E-state index contributed by atoms with van der Waals surface area (Å²) in [5.74, 6) is -2.24. The quantitative estimate of drug-likeness (QED) is 0.227. The summed E-state index contributed by atoms with van der Waals surface area (Å²) in [5.41, 5.74) is 6.69. The minimum Gasteiger partial charge on any atom is -0.478 e. The first-order chi connectivity index (χ1) is 15.2. The molecule has 0 aliphatic carbocycles. The van der Waals surface area contributed by atoms with Crippen molar-refractivity contribution in [2.45, 2.75) is 48.8 Å². The molecule has 3 rings (SSSR count). The number of nitrogens with two attached hydrogens (primary N) is 1. The zero-order valence-corrected chi connectivity index (χ0v) is 18.7. The summed E-state index contributed by atoms with van der Waals surface area (Å²) >= 11 is 1.30. The molecule has 1 aromatic carbocycles. The molecule has 0 spiro atoms. The molecule has 13 heteroatoms. The first-order valence-corrected chi connectivity index (χ1v) is 12.3. The van der Waals surface area contributed by atoms with E-state index in [0.717, 1.165) is 5.69 Å². The Morgan fingerprint density at radius 3 is 2.66 bits per heavy atom. The number of carboxylic acid groups (broad SMARTS) is 1. The van der Waals surface area contributed by atoms with Crippen LogP contribution in [-0.2, 0) is 30.9 Å². The molecule has 1 aliphatic heterocycles. The van der Waals surface area contributed by atoms with Gasteiger partial charge in [-0.15, -0.1) is 11.3 Å². The molecule has 1 aliphatic rings. The fourth-order valence-electron chi connectivity index (χ4n) is 3.25. The molecule has 0 bridgehead atoms. The van der Waals surface area contributed by atoms with Crippen molar-refractivity contribution >= 4 is 38.4 Å². The Balaban J connectivity index is 1.79. The predicted molar refractivity (Wildman–Crippen MR) is 117 cm³/mol. The highest BCUT2D eigenvalue weighted by molar-refractivity contribution is 7.89. The molecule has 0 saturated carbocycles. The molecule has 6 N–H and O–H groups in total. The number of anilines is 1. The number of carbonyl (C=O) groups excluding carboxylic acids is 1. The highest BCUT2D eigenvalue weighted by Crippen LogP contribution is 2.21. The summed E-state index contributed by atoms with van der Waals surface area (Å²) in [7, 11) is -4.25. The average Bonchev–Trinajstić information content (AvgIpc) is 3.43. The number of aromatic nitrogens is 1. The van der Waals surface area contributed by atoms with Gasteiger partial charge in [-0.1, -0.05) is 18.2 Å². The highest BCUT2D eigenvalue weighted by Gasteiger charge is 2.45. The van der Waals surface area contributed by atoms with E-state index in [1.807, 2.05) is 5.38 Å². The van der Waals surface area contributed by atoms with E-state index in [0.29, 0.717) is 37.4 Å². The van der Waals surface area contributed by atoms with Crippen LogP contribution < -0.4 is 21.3 Å². The van der Waals surface area contributed by atoms with Crippen molar-refractivity contribution in [2.75, 3.05) is 12.3 Å². The van der Waals surface area contributed by atoms with Gasteiger partial charge < -0.3 is 16.2 Å². The number of nitrogen functional groups attached to an aromatic ring is 1.